The number of hydrogen-bond donors (Lipinski definition) is 1. The van der Waals surface area contributed by atoms with E-state index in [1.807, 2.05) is 0 Å². The third-order valence-corrected chi connectivity index (χ3v) is 4.68. The standard InChI is InChI=1S/C21H20F2N2O5/c1-12(20(27)24-16-10-14(22)7-8-15(16)23)30-21(28)13-9-19(26)25(11-13)17-5-3-4-6-18(17)29-2/h3-8,10,12-13H,9,11H2,1-2H3,(H,24,27)/t12-,13-/m0/s1. The third kappa shape index (κ3) is 4.56. The molecule has 2 aromatic carbocycles. The smallest absolute Gasteiger partial charge is 0.312 e. The molecule has 0 bridgehead atoms. The second-order valence-electron chi connectivity index (χ2n) is 6.77. The van der Waals surface area contributed by atoms with Gasteiger partial charge in [-0.1, -0.05) is 12.1 Å². The Morgan fingerprint density at radius 1 is 1.20 bits per heavy atom. The fraction of sp³-hybridized carbons (Fsp3) is 0.286. The van der Waals surface area contributed by atoms with Crippen LogP contribution in [0.1, 0.15) is 13.3 Å². The summed E-state index contributed by atoms with van der Waals surface area (Å²) in [5.74, 6) is -3.66. The molecule has 2 aromatic rings. The zero-order chi connectivity index (χ0) is 21.8. The van der Waals surface area contributed by atoms with Crippen molar-refractivity contribution in [2.45, 2.75) is 19.4 Å². The molecule has 9 heteroatoms. The van der Waals surface area contributed by atoms with Crippen LogP contribution in [0.2, 0.25) is 0 Å². The van der Waals surface area contributed by atoms with Crippen LogP contribution >= 0.6 is 0 Å². The highest BCUT2D eigenvalue weighted by atomic mass is 19.1. The van der Waals surface area contributed by atoms with E-state index in [0.717, 1.165) is 18.2 Å². The molecule has 30 heavy (non-hydrogen) atoms. The van der Waals surface area contributed by atoms with Crippen molar-refractivity contribution in [3.8, 4) is 5.75 Å². The maximum atomic E-state index is 13.7. The first-order valence-electron chi connectivity index (χ1n) is 9.20. The van der Waals surface area contributed by atoms with Crippen LogP contribution < -0.4 is 15.0 Å². The second-order valence-corrected chi connectivity index (χ2v) is 6.77. The van der Waals surface area contributed by atoms with Crippen LogP contribution in [-0.2, 0) is 19.1 Å². The zero-order valence-electron chi connectivity index (χ0n) is 16.4. The van der Waals surface area contributed by atoms with Gasteiger partial charge in [-0.15, -0.1) is 0 Å². The predicted octanol–water partition coefficient (Wildman–Crippen LogP) is 2.90. The van der Waals surface area contributed by atoms with Crippen LogP contribution in [0.15, 0.2) is 42.5 Å². The van der Waals surface area contributed by atoms with Gasteiger partial charge in [0.05, 0.1) is 24.4 Å². The van der Waals surface area contributed by atoms with E-state index in [9.17, 15) is 23.2 Å². The van der Waals surface area contributed by atoms with Crippen molar-refractivity contribution >= 4 is 29.2 Å². The van der Waals surface area contributed by atoms with Crippen LogP contribution in [0.5, 0.6) is 5.75 Å². The molecule has 2 atom stereocenters. The number of anilines is 2. The average molecular weight is 418 g/mol. The van der Waals surface area contributed by atoms with E-state index in [2.05, 4.69) is 5.32 Å². The summed E-state index contributed by atoms with van der Waals surface area (Å²) in [6.45, 7) is 1.38. The lowest BCUT2D eigenvalue weighted by Crippen LogP contribution is -2.33. The van der Waals surface area contributed by atoms with E-state index in [0.29, 0.717) is 11.4 Å². The summed E-state index contributed by atoms with van der Waals surface area (Å²) in [5, 5.41) is 2.18. The lowest BCUT2D eigenvalue weighted by Gasteiger charge is -2.20. The summed E-state index contributed by atoms with van der Waals surface area (Å²) in [6, 6.07) is 9.52. The topological polar surface area (TPSA) is 84.9 Å². The highest BCUT2D eigenvalue weighted by Gasteiger charge is 2.38. The van der Waals surface area contributed by atoms with E-state index >= 15 is 0 Å². The molecule has 0 saturated carbocycles. The number of carbonyl (C=O) groups is 3. The fourth-order valence-electron chi connectivity index (χ4n) is 3.10. The average Bonchev–Trinajstić information content (AvgIpc) is 3.12. The molecule has 0 unspecified atom stereocenters. The summed E-state index contributed by atoms with van der Waals surface area (Å²) in [4.78, 5) is 38.5. The molecule has 0 radical (unpaired) electrons. The van der Waals surface area contributed by atoms with Crippen LogP contribution in [0.4, 0.5) is 20.2 Å². The Labute approximate surface area is 171 Å². The van der Waals surface area contributed by atoms with E-state index < -0.39 is 35.5 Å². The van der Waals surface area contributed by atoms with Gasteiger partial charge in [-0.25, -0.2) is 8.78 Å². The van der Waals surface area contributed by atoms with Gasteiger partial charge < -0.3 is 19.7 Å². The first-order valence-corrected chi connectivity index (χ1v) is 9.20. The molecule has 1 heterocycles. The second kappa shape index (κ2) is 8.89. The molecule has 0 spiro atoms. The maximum Gasteiger partial charge on any atom is 0.312 e. The van der Waals surface area contributed by atoms with Crippen molar-refractivity contribution in [3.63, 3.8) is 0 Å². The highest BCUT2D eigenvalue weighted by molar-refractivity contribution is 6.01. The Balaban J connectivity index is 1.62. The van der Waals surface area contributed by atoms with Gasteiger partial charge in [0.15, 0.2) is 6.10 Å². The number of nitrogens with zero attached hydrogens (tertiary/aromatic N) is 1. The molecule has 0 aromatic heterocycles. The monoisotopic (exact) mass is 418 g/mol. The number of carbonyl (C=O) groups excluding carboxylic acids is 3. The Hall–Kier alpha value is -3.49. The van der Waals surface area contributed by atoms with Crippen LogP contribution in [0.3, 0.4) is 0 Å². The summed E-state index contributed by atoms with van der Waals surface area (Å²) >= 11 is 0. The number of para-hydroxylation sites is 2. The van der Waals surface area contributed by atoms with Gasteiger partial charge in [-0.05, 0) is 31.2 Å². The molecular weight excluding hydrogens is 398 g/mol. The third-order valence-electron chi connectivity index (χ3n) is 4.68. The molecule has 1 N–H and O–H groups in total. The SMILES string of the molecule is COc1ccccc1N1C[C@@H](C(=O)O[C@@H](C)C(=O)Nc2cc(F)ccc2F)CC1=O. The number of hydrogen-bond acceptors (Lipinski definition) is 5. The number of rotatable bonds is 6. The quantitative estimate of drug-likeness (QED) is 0.730. The molecule has 1 aliphatic heterocycles. The maximum absolute atomic E-state index is 13.7. The molecule has 1 saturated heterocycles. The molecule has 1 fully saturated rings. The van der Waals surface area contributed by atoms with E-state index in [-0.39, 0.29) is 24.6 Å². The lowest BCUT2D eigenvalue weighted by atomic mass is 10.1. The van der Waals surface area contributed by atoms with E-state index in [1.54, 1.807) is 24.3 Å². The number of methoxy groups -OCH3 is 1. The number of amides is 2. The molecule has 158 valence electrons. The van der Waals surface area contributed by atoms with Crippen LogP contribution in [-0.4, -0.2) is 37.5 Å². The number of halogens is 2. The Kier molecular flexibility index (Phi) is 6.29. The van der Waals surface area contributed by atoms with Crippen molar-refractivity contribution in [1.29, 1.82) is 0 Å². The first kappa shape index (κ1) is 21.2. The van der Waals surface area contributed by atoms with Gasteiger partial charge in [-0.3, -0.25) is 14.4 Å². The molecule has 7 nitrogen and oxygen atoms in total. The highest BCUT2D eigenvalue weighted by Crippen LogP contribution is 2.33. The zero-order valence-corrected chi connectivity index (χ0v) is 16.4. The molecule has 0 aliphatic carbocycles. The number of ether oxygens (including phenoxy) is 2. The van der Waals surface area contributed by atoms with Gasteiger partial charge in [0.1, 0.15) is 17.4 Å². The minimum atomic E-state index is -1.27. The predicted molar refractivity (Wildman–Crippen MR) is 104 cm³/mol. The van der Waals surface area contributed by atoms with Gasteiger partial charge in [0.2, 0.25) is 5.91 Å². The number of esters is 1. The van der Waals surface area contributed by atoms with Crippen molar-refractivity contribution in [2.75, 3.05) is 23.9 Å². The van der Waals surface area contributed by atoms with Crippen LogP contribution in [0.25, 0.3) is 0 Å². The Bertz CT molecular complexity index is 982. The van der Waals surface area contributed by atoms with Crippen molar-refractivity contribution in [1.82, 2.24) is 0 Å². The summed E-state index contributed by atoms with van der Waals surface area (Å²) in [5.41, 5.74) is 0.175. The van der Waals surface area contributed by atoms with E-state index in [4.69, 9.17) is 9.47 Å². The van der Waals surface area contributed by atoms with Gasteiger partial charge >= 0.3 is 5.97 Å². The van der Waals surface area contributed by atoms with Crippen LogP contribution in [0, 0.1) is 17.6 Å². The number of benzene rings is 2. The first-order chi connectivity index (χ1) is 14.3. The van der Waals surface area contributed by atoms with Crippen molar-refractivity contribution < 1.29 is 32.6 Å². The van der Waals surface area contributed by atoms with Crippen molar-refractivity contribution in [2.24, 2.45) is 5.92 Å². The Morgan fingerprint density at radius 2 is 1.93 bits per heavy atom. The summed E-state index contributed by atoms with van der Waals surface area (Å²) < 4.78 is 37.3. The van der Waals surface area contributed by atoms with Gasteiger partial charge in [0, 0.05) is 19.0 Å². The van der Waals surface area contributed by atoms with Gasteiger partial charge in [0.25, 0.3) is 5.91 Å². The molecule has 1 aliphatic rings. The fourth-order valence-corrected chi connectivity index (χ4v) is 3.10. The molecular formula is C21H20F2N2O5. The molecule has 2 amide bonds. The Morgan fingerprint density at radius 3 is 2.67 bits per heavy atom. The lowest BCUT2D eigenvalue weighted by molar-refractivity contribution is -0.157. The minimum Gasteiger partial charge on any atom is -0.495 e. The number of nitrogens with one attached hydrogen (secondary N) is 1. The van der Waals surface area contributed by atoms with E-state index in [1.165, 1.54) is 18.9 Å². The minimum absolute atomic E-state index is 0.0743. The van der Waals surface area contributed by atoms with Crippen molar-refractivity contribution in [3.05, 3.63) is 54.1 Å². The summed E-state index contributed by atoms with van der Waals surface area (Å²) in [7, 11) is 1.48. The van der Waals surface area contributed by atoms with Gasteiger partial charge in [-0.2, -0.15) is 0 Å². The molecule has 3 rings (SSSR count). The largest absolute Gasteiger partial charge is 0.495 e. The summed E-state index contributed by atoms with van der Waals surface area (Å²) in [6.07, 6.45) is -1.35. The normalized spacial score (nSPS) is 16.9.